The number of nitrogens with one attached hydrogen (secondary N) is 1. The van der Waals surface area contributed by atoms with Crippen molar-refractivity contribution in [3.8, 4) is 0 Å². The number of ether oxygens (including phenoxy) is 2. The zero-order valence-electron chi connectivity index (χ0n) is 10.3. The Labute approximate surface area is 106 Å². The van der Waals surface area contributed by atoms with Gasteiger partial charge >= 0.3 is 5.97 Å². The van der Waals surface area contributed by atoms with Crippen LogP contribution < -0.4 is 5.32 Å². The van der Waals surface area contributed by atoms with Crippen LogP contribution in [0.25, 0.3) is 0 Å². The summed E-state index contributed by atoms with van der Waals surface area (Å²) in [5.41, 5.74) is 0. The van der Waals surface area contributed by atoms with Gasteiger partial charge in [-0.2, -0.15) is 0 Å². The second-order valence-electron chi connectivity index (χ2n) is 4.83. The van der Waals surface area contributed by atoms with E-state index < -0.39 is 12.1 Å². The molecule has 6 nitrogen and oxygen atoms in total. The molecule has 1 atom stereocenters. The van der Waals surface area contributed by atoms with Crippen molar-refractivity contribution >= 4 is 11.9 Å². The van der Waals surface area contributed by atoms with Crippen LogP contribution in [0.3, 0.4) is 0 Å². The van der Waals surface area contributed by atoms with Crippen molar-refractivity contribution < 1.29 is 24.2 Å². The van der Waals surface area contributed by atoms with Gasteiger partial charge in [0, 0.05) is 6.04 Å². The molecular weight excluding hydrogens is 238 g/mol. The number of hydrogen-bond donors (Lipinski definition) is 2. The molecule has 2 fully saturated rings. The lowest BCUT2D eigenvalue weighted by molar-refractivity contribution is -0.148. The molecule has 0 radical (unpaired) electrons. The first-order valence-corrected chi connectivity index (χ1v) is 6.39. The molecule has 1 unspecified atom stereocenters. The summed E-state index contributed by atoms with van der Waals surface area (Å²) in [6, 6.07) is 0.0682. The number of amides is 1. The van der Waals surface area contributed by atoms with Crippen molar-refractivity contribution in [3.05, 3.63) is 0 Å². The van der Waals surface area contributed by atoms with Gasteiger partial charge in [0.15, 0.2) is 6.10 Å². The van der Waals surface area contributed by atoms with Gasteiger partial charge in [-0.05, 0) is 25.7 Å². The van der Waals surface area contributed by atoms with Crippen LogP contribution in [0, 0.1) is 5.92 Å². The second-order valence-corrected chi connectivity index (χ2v) is 4.83. The van der Waals surface area contributed by atoms with Crippen LogP contribution in [0.2, 0.25) is 0 Å². The summed E-state index contributed by atoms with van der Waals surface area (Å²) in [6.45, 7) is 1.29. The largest absolute Gasteiger partial charge is 0.481 e. The summed E-state index contributed by atoms with van der Waals surface area (Å²) in [7, 11) is 0. The topological polar surface area (TPSA) is 84.9 Å². The molecule has 2 rings (SSSR count). The molecule has 2 aliphatic rings. The van der Waals surface area contributed by atoms with E-state index in [1.165, 1.54) is 0 Å². The molecule has 18 heavy (non-hydrogen) atoms. The molecule has 1 aliphatic carbocycles. The van der Waals surface area contributed by atoms with Crippen molar-refractivity contribution in [2.45, 2.75) is 37.8 Å². The minimum atomic E-state index is -0.733. The molecule has 0 aromatic carbocycles. The van der Waals surface area contributed by atoms with Gasteiger partial charge in [-0.3, -0.25) is 9.59 Å². The third kappa shape index (κ3) is 3.43. The maximum Gasteiger partial charge on any atom is 0.306 e. The number of carboxylic acids is 1. The van der Waals surface area contributed by atoms with Crippen molar-refractivity contribution in [2.75, 3.05) is 19.8 Å². The fourth-order valence-electron chi connectivity index (χ4n) is 2.42. The number of rotatable bonds is 3. The first kappa shape index (κ1) is 13.3. The van der Waals surface area contributed by atoms with Gasteiger partial charge in [-0.15, -0.1) is 0 Å². The molecule has 0 spiro atoms. The fourth-order valence-corrected chi connectivity index (χ4v) is 2.42. The lowest BCUT2D eigenvalue weighted by atomic mass is 9.86. The van der Waals surface area contributed by atoms with Gasteiger partial charge in [0.05, 0.1) is 25.7 Å². The van der Waals surface area contributed by atoms with Gasteiger partial charge in [0.2, 0.25) is 0 Å². The van der Waals surface area contributed by atoms with Crippen LogP contribution in [0.5, 0.6) is 0 Å². The van der Waals surface area contributed by atoms with E-state index in [-0.39, 0.29) is 17.9 Å². The molecule has 6 heteroatoms. The monoisotopic (exact) mass is 257 g/mol. The third-order valence-electron chi connectivity index (χ3n) is 3.53. The van der Waals surface area contributed by atoms with Crippen LogP contribution in [-0.2, 0) is 19.1 Å². The lowest BCUT2D eigenvalue weighted by Crippen LogP contribution is -2.47. The van der Waals surface area contributed by atoms with Crippen LogP contribution in [-0.4, -0.2) is 48.9 Å². The molecular formula is C12H19NO5. The Morgan fingerprint density at radius 2 is 1.83 bits per heavy atom. The Balaban J connectivity index is 1.73. The van der Waals surface area contributed by atoms with Gasteiger partial charge in [0.1, 0.15) is 0 Å². The molecule has 102 valence electrons. The van der Waals surface area contributed by atoms with Crippen molar-refractivity contribution in [3.63, 3.8) is 0 Å². The molecule has 1 saturated heterocycles. The summed E-state index contributed by atoms with van der Waals surface area (Å²) in [5.74, 6) is -1.13. The predicted octanol–water partition coefficient (Wildman–Crippen LogP) is 0.161. The van der Waals surface area contributed by atoms with Crippen molar-refractivity contribution in [1.82, 2.24) is 5.32 Å². The molecule has 2 N–H and O–H groups in total. The maximum atomic E-state index is 11.8. The first-order valence-electron chi connectivity index (χ1n) is 6.39. The van der Waals surface area contributed by atoms with E-state index in [1.54, 1.807) is 0 Å². The van der Waals surface area contributed by atoms with Gasteiger partial charge in [0.25, 0.3) is 5.91 Å². The minimum absolute atomic E-state index is 0.0682. The van der Waals surface area contributed by atoms with E-state index in [4.69, 9.17) is 14.6 Å². The number of aliphatic carboxylic acids is 1. The molecule has 1 heterocycles. The fraction of sp³-hybridized carbons (Fsp3) is 0.833. The second kappa shape index (κ2) is 6.15. The number of hydrogen-bond acceptors (Lipinski definition) is 4. The predicted molar refractivity (Wildman–Crippen MR) is 62.1 cm³/mol. The molecule has 1 amide bonds. The number of carboxylic acid groups (broad SMARTS) is 1. The van der Waals surface area contributed by atoms with Gasteiger partial charge in [-0.25, -0.2) is 0 Å². The quantitative estimate of drug-likeness (QED) is 0.752. The van der Waals surface area contributed by atoms with E-state index in [1.807, 2.05) is 0 Å². The normalized spacial score (nSPS) is 32.8. The number of carbonyl (C=O) groups is 2. The van der Waals surface area contributed by atoms with Crippen LogP contribution >= 0.6 is 0 Å². The first-order chi connectivity index (χ1) is 8.66. The summed E-state index contributed by atoms with van der Waals surface area (Å²) in [5, 5.41) is 11.8. The Morgan fingerprint density at radius 3 is 2.39 bits per heavy atom. The summed E-state index contributed by atoms with van der Waals surface area (Å²) in [4.78, 5) is 22.7. The highest BCUT2D eigenvalue weighted by molar-refractivity contribution is 5.81. The zero-order valence-corrected chi connectivity index (χ0v) is 10.3. The van der Waals surface area contributed by atoms with Crippen LogP contribution in [0.4, 0.5) is 0 Å². The highest BCUT2D eigenvalue weighted by Crippen LogP contribution is 2.24. The summed E-state index contributed by atoms with van der Waals surface area (Å²) < 4.78 is 10.5. The molecule has 1 aliphatic heterocycles. The van der Waals surface area contributed by atoms with E-state index in [0.717, 1.165) is 12.8 Å². The molecule has 0 bridgehead atoms. The van der Waals surface area contributed by atoms with Crippen LogP contribution in [0.1, 0.15) is 25.7 Å². The average Bonchev–Trinajstić information content (AvgIpc) is 2.40. The maximum absolute atomic E-state index is 11.8. The highest BCUT2D eigenvalue weighted by atomic mass is 16.6. The van der Waals surface area contributed by atoms with Crippen molar-refractivity contribution in [2.24, 2.45) is 5.92 Å². The average molecular weight is 257 g/mol. The Hall–Kier alpha value is -1.14. The van der Waals surface area contributed by atoms with E-state index >= 15 is 0 Å². The molecule has 0 aromatic rings. The highest BCUT2D eigenvalue weighted by Gasteiger charge is 2.29. The molecule has 1 saturated carbocycles. The number of carbonyl (C=O) groups excluding carboxylic acids is 1. The summed E-state index contributed by atoms with van der Waals surface area (Å²) >= 11 is 0. The Bertz CT molecular complexity index is 306. The van der Waals surface area contributed by atoms with Crippen LogP contribution in [0.15, 0.2) is 0 Å². The van der Waals surface area contributed by atoms with E-state index in [0.29, 0.717) is 32.7 Å². The van der Waals surface area contributed by atoms with Gasteiger partial charge in [-0.1, -0.05) is 0 Å². The van der Waals surface area contributed by atoms with Crippen molar-refractivity contribution in [1.29, 1.82) is 0 Å². The van der Waals surface area contributed by atoms with E-state index in [9.17, 15) is 9.59 Å². The zero-order chi connectivity index (χ0) is 13.0. The third-order valence-corrected chi connectivity index (χ3v) is 3.53. The Kier molecular flexibility index (Phi) is 4.54. The smallest absolute Gasteiger partial charge is 0.306 e. The lowest BCUT2D eigenvalue weighted by Gasteiger charge is -2.29. The standard InChI is InChI=1S/C12H19NO5/c14-11(10-7-17-5-6-18-10)13-9-3-1-8(2-4-9)12(15)16/h8-10H,1-7H2,(H,13,14)(H,15,16). The van der Waals surface area contributed by atoms with Gasteiger partial charge < -0.3 is 19.9 Å². The van der Waals surface area contributed by atoms with E-state index in [2.05, 4.69) is 5.32 Å². The minimum Gasteiger partial charge on any atom is -0.481 e. The summed E-state index contributed by atoms with van der Waals surface area (Å²) in [6.07, 6.45) is 2.17. The Morgan fingerprint density at radius 1 is 1.11 bits per heavy atom. The molecule has 0 aromatic heterocycles. The SMILES string of the molecule is O=C(O)C1CCC(NC(=O)C2COCCO2)CC1.